The molecule has 0 amide bonds. The van der Waals surface area contributed by atoms with Crippen molar-refractivity contribution in [2.75, 3.05) is 14.2 Å². The number of hydrogen-bond donors (Lipinski definition) is 1. The molecule has 21 heavy (non-hydrogen) atoms. The van der Waals surface area contributed by atoms with Crippen molar-refractivity contribution in [1.29, 1.82) is 0 Å². The van der Waals surface area contributed by atoms with Gasteiger partial charge in [-0.15, -0.1) is 0 Å². The van der Waals surface area contributed by atoms with Crippen LogP contribution in [0.15, 0.2) is 34.8 Å². The van der Waals surface area contributed by atoms with E-state index in [1.807, 2.05) is 30.3 Å². The van der Waals surface area contributed by atoms with E-state index in [2.05, 4.69) is 38.5 Å². The van der Waals surface area contributed by atoms with Gasteiger partial charge in [0, 0.05) is 14.2 Å². The van der Waals surface area contributed by atoms with Crippen molar-refractivity contribution in [2.45, 2.75) is 6.04 Å². The molecule has 0 aromatic heterocycles. The van der Waals surface area contributed by atoms with E-state index >= 15 is 0 Å². The van der Waals surface area contributed by atoms with Gasteiger partial charge in [0.2, 0.25) is 0 Å². The fourth-order valence-corrected chi connectivity index (χ4v) is 3.38. The lowest BCUT2D eigenvalue weighted by Gasteiger charge is -2.19. The number of methoxy groups -OCH3 is 2. The monoisotopic (exact) mass is 481 g/mol. The van der Waals surface area contributed by atoms with Crippen LogP contribution in [0.1, 0.15) is 17.2 Å². The average molecular weight is 483 g/mol. The van der Waals surface area contributed by atoms with Crippen molar-refractivity contribution in [3.05, 3.63) is 54.5 Å². The zero-order valence-corrected chi connectivity index (χ0v) is 16.0. The van der Waals surface area contributed by atoms with Crippen molar-refractivity contribution >= 4 is 50.1 Å². The van der Waals surface area contributed by atoms with Gasteiger partial charge in [-0.25, -0.2) is 0 Å². The van der Waals surface area contributed by atoms with Crippen LogP contribution in [0.2, 0.25) is 5.02 Å². The molecule has 0 spiro atoms. The zero-order chi connectivity index (χ0) is 15.6. The van der Waals surface area contributed by atoms with E-state index < -0.39 is 0 Å². The van der Waals surface area contributed by atoms with Crippen LogP contribution in [0.3, 0.4) is 0 Å². The maximum atomic E-state index is 6.42. The molecular formula is C15H14BrClINO2. The maximum absolute atomic E-state index is 6.42. The summed E-state index contributed by atoms with van der Waals surface area (Å²) in [5.41, 5.74) is 8.22. The molecule has 0 saturated heterocycles. The van der Waals surface area contributed by atoms with E-state index in [4.69, 9.17) is 26.8 Å². The molecule has 0 aliphatic carbocycles. The Morgan fingerprint density at radius 1 is 1.10 bits per heavy atom. The highest BCUT2D eigenvalue weighted by Crippen LogP contribution is 2.38. The Balaban J connectivity index is 2.56. The zero-order valence-electron chi connectivity index (χ0n) is 11.5. The first-order valence-electron chi connectivity index (χ1n) is 6.10. The number of hydrogen-bond acceptors (Lipinski definition) is 3. The molecule has 0 aliphatic heterocycles. The van der Waals surface area contributed by atoms with Gasteiger partial charge in [-0.05, 0) is 74.4 Å². The summed E-state index contributed by atoms with van der Waals surface area (Å²) in [5, 5.41) is 0.656. The van der Waals surface area contributed by atoms with E-state index in [9.17, 15) is 0 Å². The normalized spacial score (nSPS) is 12.1. The van der Waals surface area contributed by atoms with Crippen LogP contribution in [0, 0.1) is 3.57 Å². The molecule has 0 aliphatic rings. The van der Waals surface area contributed by atoms with E-state index in [1.165, 1.54) is 0 Å². The summed E-state index contributed by atoms with van der Waals surface area (Å²) in [5.74, 6) is 1.41. The first-order valence-corrected chi connectivity index (χ1v) is 8.34. The SMILES string of the molecule is COc1cc(C(N)c2cc(Cl)ccc2I)c(OC)cc1Br. The van der Waals surface area contributed by atoms with E-state index in [0.29, 0.717) is 16.5 Å². The molecule has 2 aromatic rings. The minimum atomic E-state index is -0.354. The summed E-state index contributed by atoms with van der Waals surface area (Å²) in [6.45, 7) is 0. The highest BCUT2D eigenvalue weighted by molar-refractivity contribution is 14.1. The lowest BCUT2D eigenvalue weighted by atomic mass is 9.98. The van der Waals surface area contributed by atoms with Crippen LogP contribution < -0.4 is 15.2 Å². The lowest BCUT2D eigenvalue weighted by molar-refractivity contribution is 0.395. The molecule has 2 N–H and O–H groups in total. The maximum Gasteiger partial charge on any atom is 0.133 e. The molecule has 0 radical (unpaired) electrons. The van der Waals surface area contributed by atoms with E-state index in [0.717, 1.165) is 19.2 Å². The fraction of sp³-hybridized carbons (Fsp3) is 0.200. The van der Waals surface area contributed by atoms with Gasteiger partial charge in [-0.1, -0.05) is 11.6 Å². The van der Waals surface area contributed by atoms with Gasteiger partial charge in [0.15, 0.2) is 0 Å². The third kappa shape index (κ3) is 3.64. The third-order valence-corrected chi connectivity index (χ3v) is 4.97. The Labute approximate surface area is 151 Å². The van der Waals surface area contributed by atoms with Crippen LogP contribution in [-0.2, 0) is 0 Å². The number of benzene rings is 2. The van der Waals surface area contributed by atoms with Gasteiger partial charge in [-0.2, -0.15) is 0 Å². The third-order valence-electron chi connectivity index (χ3n) is 3.13. The summed E-state index contributed by atoms with van der Waals surface area (Å²) < 4.78 is 12.6. The lowest BCUT2D eigenvalue weighted by Crippen LogP contribution is -2.15. The number of halogens is 3. The minimum Gasteiger partial charge on any atom is -0.496 e. The summed E-state index contributed by atoms with van der Waals surface area (Å²) in [7, 11) is 3.23. The standard InChI is InChI=1S/C15H14BrClINO2/c1-20-13-7-11(16)14(21-2)6-10(13)15(19)9-5-8(17)3-4-12(9)18/h3-7,15H,19H2,1-2H3. The van der Waals surface area contributed by atoms with Crippen molar-refractivity contribution in [2.24, 2.45) is 5.73 Å². The highest BCUT2D eigenvalue weighted by atomic mass is 127. The average Bonchev–Trinajstić information content (AvgIpc) is 2.48. The van der Waals surface area contributed by atoms with E-state index in [-0.39, 0.29) is 6.04 Å². The largest absolute Gasteiger partial charge is 0.496 e. The van der Waals surface area contributed by atoms with Gasteiger partial charge in [0.05, 0.1) is 24.7 Å². The Hall–Kier alpha value is -0.500. The van der Waals surface area contributed by atoms with Gasteiger partial charge < -0.3 is 15.2 Å². The van der Waals surface area contributed by atoms with Crippen LogP contribution in [0.25, 0.3) is 0 Å². The van der Waals surface area contributed by atoms with Crippen LogP contribution in [0.4, 0.5) is 0 Å². The summed E-state index contributed by atoms with van der Waals surface area (Å²) in [6, 6.07) is 9.05. The Morgan fingerprint density at radius 2 is 1.76 bits per heavy atom. The van der Waals surface area contributed by atoms with Crippen molar-refractivity contribution in [3.8, 4) is 11.5 Å². The van der Waals surface area contributed by atoms with E-state index in [1.54, 1.807) is 14.2 Å². The van der Waals surface area contributed by atoms with Crippen LogP contribution >= 0.6 is 50.1 Å². The smallest absolute Gasteiger partial charge is 0.133 e. The minimum absolute atomic E-state index is 0.354. The molecule has 0 bridgehead atoms. The molecule has 0 saturated carbocycles. The second kappa shape index (κ2) is 7.17. The Kier molecular flexibility index (Phi) is 5.76. The first-order chi connectivity index (χ1) is 9.97. The molecule has 1 unspecified atom stereocenters. The van der Waals surface area contributed by atoms with Gasteiger partial charge >= 0.3 is 0 Å². The van der Waals surface area contributed by atoms with Gasteiger partial charge in [-0.3, -0.25) is 0 Å². The summed E-state index contributed by atoms with van der Waals surface area (Å²) in [6.07, 6.45) is 0. The molecule has 0 heterocycles. The topological polar surface area (TPSA) is 44.5 Å². The number of nitrogens with two attached hydrogens (primary N) is 1. The molecular weight excluding hydrogens is 468 g/mol. The first kappa shape index (κ1) is 16.9. The number of rotatable bonds is 4. The molecule has 3 nitrogen and oxygen atoms in total. The molecule has 6 heteroatoms. The molecule has 2 rings (SSSR count). The highest BCUT2D eigenvalue weighted by Gasteiger charge is 2.19. The number of ether oxygens (including phenoxy) is 2. The predicted molar refractivity (Wildman–Crippen MR) is 97.4 cm³/mol. The second-order valence-corrected chi connectivity index (χ2v) is 6.83. The fourth-order valence-electron chi connectivity index (χ4n) is 2.05. The van der Waals surface area contributed by atoms with Gasteiger partial charge in [0.25, 0.3) is 0 Å². The quantitative estimate of drug-likeness (QED) is 0.639. The summed E-state index contributed by atoms with van der Waals surface area (Å²) >= 11 is 11.8. The molecule has 1 atom stereocenters. The van der Waals surface area contributed by atoms with Gasteiger partial charge in [0.1, 0.15) is 11.5 Å². The Bertz CT molecular complexity index is 666. The molecule has 2 aromatic carbocycles. The van der Waals surface area contributed by atoms with Crippen molar-refractivity contribution < 1.29 is 9.47 Å². The Morgan fingerprint density at radius 3 is 2.38 bits per heavy atom. The molecule has 0 fully saturated rings. The van der Waals surface area contributed by atoms with Crippen molar-refractivity contribution in [1.82, 2.24) is 0 Å². The summed E-state index contributed by atoms with van der Waals surface area (Å²) in [4.78, 5) is 0. The molecule has 112 valence electrons. The van der Waals surface area contributed by atoms with Crippen molar-refractivity contribution in [3.63, 3.8) is 0 Å². The van der Waals surface area contributed by atoms with Crippen LogP contribution in [0.5, 0.6) is 11.5 Å². The van der Waals surface area contributed by atoms with Crippen LogP contribution in [-0.4, -0.2) is 14.2 Å². The second-order valence-electron chi connectivity index (χ2n) is 4.37. The predicted octanol–water partition coefficient (Wildman–Crippen LogP) is 4.77.